The number of methoxy groups -OCH3 is 1. The minimum Gasteiger partial charge on any atom is -0.496 e. The minimum atomic E-state index is -0.0753. The van der Waals surface area contributed by atoms with E-state index in [9.17, 15) is 4.79 Å². The first kappa shape index (κ1) is 16.8. The Balaban J connectivity index is 2.19. The highest BCUT2D eigenvalue weighted by molar-refractivity contribution is 5.94. The largest absolute Gasteiger partial charge is 0.496 e. The van der Waals surface area contributed by atoms with Gasteiger partial charge in [-0.05, 0) is 42.2 Å². The molecule has 3 heteroatoms. The van der Waals surface area contributed by atoms with E-state index in [-0.39, 0.29) is 11.9 Å². The van der Waals surface area contributed by atoms with Gasteiger partial charge in [0.15, 0.2) is 0 Å². The topological polar surface area (TPSA) is 38.3 Å². The lowest BCUT2D eigenvalue weighted by Gasteiger charge is -2.18. The summed E-state index contributed by atoms with van der Waals surface area (Å²) in [7, 11) is 1.63. The maximum absolute atomic E-state index is 12.6. The average Bonchev–Trinajstić information content (AvgIpc) is 2.60. The van der Waals surface area contributed by atoms with Gasteiger partial charge >= 0.3 is 0 Å². The van der Waals surface area contributed by atoms with Crippen LogP contribution in [0.25, 0.3) is 0 Å². The summed E-state index contributed by atoms with van der Waals surface area (Å²) in [6, 6.07) is 15.5. The van der Waals surface area contributed by atoms with Crippen molar-refractivity contribution in [3.8, 4) is 5.75 Å². The number of hydrogen-bond donors (Lipinski definition) is 1. The van der Waals surface area contributed by atoms with Crippen molar-refractivity contribution in [2.24, 2.45) is 0 Å². The van der Waals surface area contributed by atoms with Crippen LogP contribution in [-0.2, 0) is 6.42 Å². The molecule has 0 aliphatic heterocycles. The molecule has 0 heterocycles. The van der Waals surface area contributed by atoms with Crippen LogP contribution in [0.4, 0.5) is 0 Å². The number of allylic oxidation sites excluding steroid dienone is 1. The minimum absolute atomic E-state index is 0.00801. The van der Waals surface area contributed by atoms with E-state index < -0.39 is 0 Å². The maximum Gasteiger partial charge on any atom is 0.251 e. The number of nitrogens with one attached hydrogen (secondary N) is 1. The second kappa shape index (κ2) is 8.18. The Kier molecular flexibility index (Phi) is 5.98. The van der Waals surface area contributed by atoms with Crippen molar-refractivity contribution in [1.82, 2.24) is 5.32 Å². The molecule has 0 aliphatic rings. The summed E-state index contributed by atoms with van der Waals surface area (Å²) in [6.07, 6.45) is 3.31. The SMILES string of the molecule is C=CCc1cc(C(=O)N[C@@H](CC)c2ccccc2)ccc1OC. The number of benzene rings is 2. The van der Waals surface area contributed by atoms with E-state index in [4.69, 9.17) is 4.74 Å². The molecule has 0 saturated carbocycles. The van der Waals surface area contributed by atoms with Crippen molar-refractivity contribution < 1.29 is 9.53 Å². The fourth-order valence-electron chi connectivity index (χ4n) is 2.58. The van der Waals surface area contributed by atoms with Crippen LogP contribution in [0, 0.1) is 0 Å². The Morgan fingerprint density at radius 3 is 2.61 bits per heavy atom. The number of rotatable bonds is 7. The van der Waals surface area contributed by atoms with Gasteiger partial charge in [0.2, 0.25) is 0 Å². The van der Waals surface area contributed by atoms with Crippen molar-refractivity contribution >= 4 is 5.91 Å². The molecule has 23 heavy (non-hydrogen) atoms. The second-order valence-corrected chi connectivity index (χ2v) is 5.36. The molecule has 0 radical (unpaired) electrons. The lowest BCUT2D eigenvalue weighted by atomic mass is 10.0. The van der Waals surface area contributed by atoms with Gasteiger partial charge in [0.25, 0.3) is 5.91 Å². The first-order valence-corrected chi connectivity index (χ1v) is 7.83. The molecule has 1 amide bonds. The molecule has 0 saturated heterocycles. The predicted octanol–water partition coefficient (Wildman–Crippen LogP) is 4.30. The summed E-state index contributed by atoms with van der Waals surface area (Å²) < 4.78 is 5.32. The molecule has 1 N–H and O–H groups in total. The fraction of sp³-hybridized carbons (Fsp3) is 0.250. The summed E-state index contributed by atoms with van der Waals surface area (Å²) in [5, 5.41) is 3.10. The predicted molar refractivity (Wildman–Crippen MR) is 93.8 cm³/mol. The highest BCUT2D eigenvalue weighted by Crippen LogP contribution is 2.22. The Hall–Kier alpha value is -2.55. The number of carbonyl (C=O) groups is 1. The molecule has 0 aliphatic carbocycles. The number of ether oxygens (including phenoxy) is 1. The molecule has 0 bridgehead atoms. The molecule has 2 aromatic carbocycles. The van der Waals surface area contributed by atoms with E-state index in [1.54, 1.807) is 19.3 Å². The van der Waals surface area contributed by atoms with Crippen molar-refractivity contribution in [2.45, 2.75) is 25.8 Å². The van der Waals surface area contributed by atoms with Gasteiger partial charge in [0.05, 0.1) is 13.2 Å². The van der Waals surface area contributed by atoms with Gasteiger partial charge < -0.3 is 10.1 Å². The van der Waals surface area contributed by atoms with Gasteiger partial charge in [-0.2, -0.15) is 0 Å². The van der Waals surface area contributed by atoms with Gasteiger partial charge in [-0.3, -0.25) is 4.79 Å². The van der Waals surface area contributed by atoms with Gasteiger partial charge in [-0.1, -0.05) is 43.3 Å². The molecule has 2 rings (SSSR count). The zero-order chi connectivity index (χ0) is 16.7. The van der Waals surface area contributed by atoms with Gasteiger partial charge in [0.1, 0.15) is 5.75 Å². The van der Waals surface area contributed by atoms with Crippen LogP contribution in [0.1, 0.15) is 40.9 Å². The van der Waals surface area contributed by atoms with Crippen LogP contribution in [0.3, 0.4) is 0 Å². The molecule has 1 atom stereocenters. The summed E-state index contributed by atoms with van der Waals surface area (Å²) in [5.74, 6) is 0.699. The summed E-state index contributed by atoms with van der Waals surface area (Å²) >= 11 is 0. The van der Waals surface area contributed by atoms with Crippen LogP contribution >= 0.6 is 0 Å². The first-order chi connectivity index (χ1) is 11.2. The van der Waals surface area contributed by atoms with E-state index >= 15 is 0 Å². The first-order valence-electron chi connectivity index (χ1n) is 7.83. The monoisotopic (exact) mass is 309 g/mol. The van der Waals surface area contributed by atoms with E-state index in [0.717, 1.165) is 23.3 Å². The van der Waals surface area contributed by atoms with Crippen molar-refractivity contribution in [3.63, 3.8) is 0 Å². The number of carbonyl (C=O) groups excluding carboxylic acids is 1. The quantitative estimate of drug-likeness (QED) is 0.774. The zero-order valence-electron chi connectivity index (χ0n) is 13.7. The lowest BCUT2D eigenvalue weighted by Crippen LogP contribution is -2.28. The average molecular weight is 309 g/mol. The van der Waals surface area contributed by atoms with Gasteiger partial charge in [0, 0.05) is 5.56 Å². The standard InChI is InChI=1S/C20H23NO2/c1-4-9-16-14-17(12-13-19(16)23-3)20(22)21-18(5-2)15-10-7-6-8-11-15/h4,6-8,10-14,18H,1,5,9H2,2-3H3,(H,21,22)/t18-/m0/s1. The Bertz CT molecular complexity index is 665. The van der Waals surface area contributed by atoms with E-state index in [0.29, 0.717) is 12.0 Å². The Labute approximate surface area is 138 Å². The number of hydrogen-bond acceptors (Lipinski definition) is 2. The maximum atomic E-state index is 12.6. The molecule has 2 aromatic rings. The highest BCUT2D eigenvalue weighted by Gasteiger charge is 2.15. The number of amides is 1. The zero-order valence-corrected chi connectivity index (χ0v) is 13.7. The van der Waals surface area contributed by atoms with Gasteiger partial charge in [-0.25, -0.2) is 0 Å². The molecular formula is C20H23NO2. The summed E-state index contributed by atoms with van der Waals surface area (Å²) in [4.78, 5) is 12.6. The van der Waals surface area contributed by atoms with Crippen LogP contribution in [0.2, 0.25) is 0 Å². The van der Waals surface area contributed by atoms with E-state index in [2.05, 4.69) is 18.8 Å². The third-order valence-electron chi connectivity index (χ3n) is 3.82. The van der Waals surface area contributed by atoms with Crippen LogP contribution in [0.15, 0.2) is 61.2 Å². The van der Waals surface area contributed by atoms with Crippen molar-refractivity contribution in [3.05, 3.63) is 77.9 Å². The summed E-state index contributed by atoms with van der Waals surface area (Å²) in [6.45, 7) is 5.82. The van der Waals surface area contributed by atoms with Crippen molar-refractivity contribution in [1.29, 1.82) is 0 Å². The second-order valence-electron chi connectivity index (χ2n) is 5.36. The summed E-state index contributed by atoms with van der Waals surface area (Å²) in [5.41, 5.74) is 2.71. The highest BCUT2D eigenvalue weighted by atomic mass is 16.5. The van der Waals surface area contributed by atoms with Crippen molar-refractivity contribution in [2.75, 3.05) is 7.11 Å². The van der Waals surface area contributed by atoms with Crippen LogP contribution in [-0.4, -0.2) is 13.0 Å². The molecular weight excluding hydrogens is 286 g/mol. The fourth-order valence-corrected chi connectivity index (χ4v) is 2.58. The Morgan fingerprint density at radius 2 is 2.00 bits per heavy atom. The molecule has 0 spiro atoms. The van der Waals surface area contributed by atoms with E-state index in [1.165, 1.54) is 0 Å². The van der Waals surface area contributed by atoms with Gasteiger partial charge in [-0.15, -0.1) is 6.58 Å². The molecule has 3 nitrogen and oxygen atoms in total. The molecule has 120 valence electrons. The molecule has 0 aromatic heterocycles. The smallest absolute Gasteiger partial charge is 0.251 e. The molecule has 0 unspecified atom stereocenters. The van der Waals surface area contributed by atoms with Crippen LogP contribution in [0.5, 0.6) is 5.75 Å². The lowest BCUT2D eigenvalue weighted by molar-refractivity contribution is 0.0935. The van der Waals surface area contributed by atoms with E-state index in [1.807, 2.05) is 42.5 Å². The molecule has 0 fully saturated rings. The third kappa shape index (κ3) is 4.22. The van der Waals surface area contributed by atoms with Crippen LogP contribution < -0.4 is 10.1 Å². The normalized spacial score (nSPS) is 11.6. The third-order valence-corrected chi connectivity index (χ3v) is 3.82. The Morgan fingerprint density at radius 1 is 1.26 bits per heavy atom.